The molecular weight excluding hydrogens is 280 g/mol. The highest BCUT2D eigenvalue weighted by atomic mass is 16.3. The van der Waals surface area contributed by atoms with Gasteiger partial charge >= 0.3 is 0 Å². The Labute approximate surface area is 129 Å². The molecule has 1 saturated heterocycles. The number of rotatable bonds is 4. The van der Waals surface area contributed by atoms with E-state index in [1.54, 1.807) is 0 Å². The third kappa shape index (κ3) is 2.78. The highest BCUT2D eigenvalue weighted by molar-refractivity contribution is 5.80. The van der Waals surface area contributed by atoms with Gasteiger partial charge in [-0.05, 0) is 25.0 Å². The van der Waals surface area contributed by atoms with Crippen LogP contribution in [0.5, 0.6) is 0 Å². The van der Waals surface area contributed by atoms with Gasteiger partial charge in [-0.25, -0.2) is 4.98 Å². The summed E-state index contributed by atoms with van der Waals surface area (Å²) in [6, 6.07) is 8.11. The second-order valence-electron chi connectivity index (χ2n) is 5.74. The van der Waals surface area contributed by atoms with Crippen molar-refractivity contribution in [2.75, 3.05) is 31.1 Å². The van der Waals surface area contributed by atoms with E-state index in [0.29, 0.717) is 6.54 Å². The van der Waals surface area contributed by atoms with Crippen LogP contribution in [-0.4, -0.2) is 46.8 Å². The Morgan fingerprint density at radius 2 is 2.09 bits per heavy atom. The third-order valence-corrected chi connectivity index (χ3v) is 4.32. The highest BCUT2D eigenvalue weighted by Crippen LogP contribution is 2.25. The lowest BCUT2D eigenvalue weighted by atomic mass is 9.96. The number of nitrogens with zero attached hydrogens (tertiary/aromatic N) is 3. The maximum Gasteiger partial charge on any atom is 0.223 e. The minimum Gasteiger partial charge on any atom is -0.395 e. The number of hydrogen-bond donors (Lipinski definition) is 2. The predicted octanol–water partition coefficient (Wildman–Crippen LogP) is 0.898. The van der Waals surface area contributed by atoms with E-state index in [2.05, 4.69) is 20.9 Å². The molecule has 0 unspecified atom stereocenters. The standard InChI is InChI=1S/C16H22N4O2/c1-19-14-5-3-2-4-13(14)18-16(19)20-9-6-12(7-10-20)15(22)17-8-11-21/h2-5,12,21H,6-11H2,1H3,(H,17,22). The largest absolute Gasteiger partial charge is 0.395 e. The lowest BCUT2D eigenvalue weighted by Gasteiger charge is -2.32. The Balaban J connectivity index is 1.68. The first-order valence-corrected chi connectivity index (χ1v) is 7.75. The quantitative estimate of drug-likeness (QED) is 0.880. The number of carbonyl (C=O) groups excluding carboxylic acids is 1. The van der Waals surface area contributed by atoms with Crippen molar-refractivity contribution in [1.82, 2.24) is 14.9 Å². The molecule has 6 nitrogen and oxygen atoms in total. The molecule has 1 aliphatic rings. The number of aliphatic hydroxyl groups excluding tert-OH is 1. The van der Waals surface area contributed by atoms with Crippen LogP contribution in [0, 0.1) is 5.92 Å². The molecule has 118 valence electrons. The van der Waals surface area contributed by atoms with Gasteiger partial charge in [0, 0.05) is 32.6 Å². The normalized spacial score (nSPS) is 16.2. The summed E-state index contributed by atoms with van der Waals surface area (Å²) in [6.07, 6.45) is 1.64. The van der Waals surface area contributed by atoms with E-state index < -0.39 is 0 Å². The number of aryl methyl sites for hydroxylation is 1. The molecule has 2 N–H and O–H groups in total. The van der Waals surface area contributed by atoms with Crippen LogP contribution < -0.4 is 10.2 Å². The second-order valence-corrected chi connectivity index (χ2v) is 5.74. The first-order chi connectivity index (χ1) is 10.7. The van der Waals surface area contributed by atoms with Crippen molar-refractivity contribution in [3.63, 3.8) is 0 Å². The molecule has 0 radical (unpaired) electrons. The van der Waals surface area contributed by atoms with E-state index in [9.17, 15) is 4.79 Å². The number of hydrogen-bond acceptors (Lipinski definition) is 4. The van der Waals surface area contributed by atoms with E-state index in [-0.39, 0.29) is 18.4 Å². The minimum absolute atomic E-state index is 0.00948. The van der Waals surface area contributed by atoms with Crippen LogP contribution in [-0.2, 0) is 11.8 Å². The molecule has 1 amide bonds. The van der Waals surface area contributed by atoms with Gasteiger partial charge in [0.1, 0.15) is 0 Å². The van der Waals surface area contributed by atoms with E-state index in [0.717, 1.165) is 42.9 Å². The lowest BCUT2D eigenvalue weighted by Crippen LogP contribution is -2.42. The number of imidazole rings is 1. The Kier molecular flexibility index (Phi) is 4.29. The number of benzene rings is 1. The summed E-state index contributed by atoms with van der Waals surface area (Å²) in [4.78, 5) is 18.9. The molecule has 0 spiro atoms. The van der Waals surface area contributed by atoms with Gasteiger partial charge < -0.3 is 19.9 Å². The van der Waals surface area contributed by atoms with Crippen LogP contribution in [0.2, 0.25) is 0 Å². The maximum atomic E-state index is 11.9. The summed E-state index contributed by atoms with van der Waals surface area (Å²) in [5.41, 5.74) is 2.13. The van der Waals surface area contributed by atoms with E-state index in [1.165, 1.54) is 0 Å². The zero-order valence-corrected chi connectivity index (χ0v) is 12.8. The zero-order valence-electron chi connectivity index (χ0n) is 12.8. The van der Waals surface area contributed by atoms with Gasteiger partial charge in [0.05, 0.1) is 17.6 Å². The Bertz CT molecular complexity index is 659. The molecule has 0 atom stereocenters. The lowest BCUT2D eigenvalue weighted by molar-refractivity contribution is -0.125. The number of para-hydroxylation sites is 2. The van der Waals surface area contributed by atoms with Crippen LogP contribution >= 0.6 is 0 Å². The summed E-state index contributed by atoms with van der Waals surface area (Å²) in [7, 11) is 2.03. The fourth-order valence-corrected chi connectivity index (χ4v) is 3.08. The van der Waals surface area contributed by atoms with Gasteiger partial charge in [-0.15, -0.1) is 0 Å². The highest BCUT2D eigenvalue weighted by Gasteiger charge is 2.26. The number of aliphatic hydroxyl groups is 1. The van der Waals surface area contributed by atoms with Gasteiger partial charge in [0.2, 0.25) is 11.9 Å². The molecule has 1 aromatic heterocycles. The van der Waals surface area contributed by atoms with Crippen molar-refractivity contribution in [1.29, 1.82) is 0 Å². The Hall–Kier alpha value is -2.08. The van der Waals surface area contributed by atoms with Crippen molar-refractivity contribution in [2.45, 2.75) is 12.8 Å². The summed E-state index contributed by atoms with van der Waals surface area (Å²) in [6.45, 7) is 1.98. The van der Waals surface area contributed by atoms with Gasteiger partial charge in [-0.2, -0.15) is 0 Å². The van der Waals surface area contributed by atoms with E-state index in [4.69, 9.17) is 10.1 Å². The first kappa shape index (κ1) is 14.8. The maximum absolute atomic E-state index is 11.9. The molecular formula is C16H22N4O2. The summed E-state index contributed by atoms with van der Waals surface area (Å²) in [5, 5.41) is 11.5. The Morgan fingerprint density at radius 1 is 1.36 bits per heavy atom. The molecule has 2 heterocycles. The number of fused-ring (bicyclic) bond motifs is 1. The fraction of sp³-hybridized carbons (Fsp3) is 0.500. The van der Waals surface area contributed by atoms with Crippen LogP contribution in [0.3, 0.4) is 0 Å². The minimum atomic E-state index is -0.00948. The Morgan fingerprint density at radius 3 is 2.77 bits per heavy atom. The van der Waals surface area contributed by atoms with Gasteiger partial charge in [0.15, 0.2) is 0 Å². The fourth-order valence-electron chi connectivity index (χ4n) is 3.08. The monoisotopic (exact) mass is 302 g/mol. The molecule has 3 rings (SSSR count). The number of piperidine rings is 1. The molecule has 0 aliphatic carbocycles. The number of nitrogens with one attached hydrogen (secondary N) is 1. The number of aromatic nitrogens is 2. The molecule has 0 saturated carbocycles. The van der Waals surface area contributed by atoms with Gasteiger partial charge in [-0.3, -0.25) is 4.79 Å². The molecule has 1 aromatic carbocycles. The number of amides is 1. The van der Waals surface area contributed by atoms with Crippen LogP contribution in [0.4, 0.5) is 5.95 Å². The van der Waals surface area contributed by atoms with Crippen LogP contribution in [0.1, 0.15) is 12.8 Å². The molecule has 22 heavy (non-hydrogen) atoms. The van der Waals surface area contributed by atoms with Crippen molar-refractivity contribution < 1.29 is 9.90 Å². The van der Waals surface area contributed by atoms with Crippen molar-refractivity contribution in [2.24, 2.45) is 13.0 Å². The SMILES string of the molecule is Cn1c(N2CCC(C(=O)NCCO)CC2)nc2ccccc21. The van der Waals surface area contributed by atoms with E-state index >= 15 is 0 Å². The predicted molar refractivity (Wildman–Crippen MR) is 85.7 cm³/mol. The van der Waals surface area contributed by atoms with Gasteiger partial charge in [0.25, 0.3) is 0 Å². The number of anilines is 1. The number of carbonyl (C=O) groups is 1. The summed E-state index contributed by atoms with van der Waals surface area (Å²) in [5.74, 6) is 1.06. The van der Waals surface area contributed by atoms with Gasteiger partial charge in [-0.1, -0.05) is 12.1 Å². The second kappa shape index (κ2) is 6.36. The topological polar surface area (TPSA) is 70.4 Å². The van der Waals surface area contributed by atoms with Crippen LogP contribution in [0.25, 0.3) is 11.0 Å². The molecule has 6 heteroatoms. The molecule has 2 aromatic rings. The summed E-state index contributed by atoms with van der Waals surface area (Å²) < 4.78 is 2.11. The average molecular weight is 302 g/mol. The van der Waals surface area contributed by atoms with Crippen molar-refractivity contribution in [3.05, 3.63) is 24.3 Å². The molecule has 1 fully saturated rings. The van der Waals surface area contributed by atoms with Crippen LogP contribution in [0.15, 0.2) is 24.3 Å². The van der Waals surface area contributed by atoms with E-state index in [1.807, 2.05) is 25.2 Å². The summed E-state index contributed by atoms with van der Waals surface area (Å²) >= 11 is 0. The third-order valence-electron chi connectivity index (χ3n) is 4.32. The first-order valence-electron chi connectivity index (χ1n) is 7.75. The average Bonchev–Trinajstić information content (AvgIpc) is 2.90. The van der Waals surface area contributed by atoms with Crippen molar-refractivity contribution in [3.8, 4) is 0 Å². The molecule has 1 aliphatic heterocycles. The zero-order chi connectivity index (χ0) is 15.5. The van der Waals surface area contributed by atoms with Crippen molar-refractivity contribution >= 4 is 22.9 Å². The molecule has 0 bridgehead atoms. The smallest absolute Gasteiger partial charge is 0.223 e.